The first-order valence-electron chi connectivity index (χ1n) is 7.44. The van der Waals surface area contributed by atoms with Crippen LogP contribution >= 0.6 is 0 Å². The molecule has 3 N–H and O–H groups in total. The van der Waals surface area contributed by atoms with Gasteiger partial charge >= 0.3 is 0 Å². The number of carbonyl (C=O) groups is 1. The molecule has 2 rings (SSSR count). The molecule has 110 valence electrons. The summed E-state index contributed by atoms with van der Waals surface area (Å²) in [7, 11) is 0. The fourth-order valence-corrected chi connectivity index (χ4v) is 2.70. The Balaban J connectivity index is 2.22. The zero-order valence-corrected chi connectivity index (χ0v) is 12.3. The maximum atomic E-state index is 11.2. The van der Waals surface area contributed by atoms with Gasteiger partial charge in [0.25, 0.3) is 5.91 Å². The van der Waals surface area contributed by atoms with Gasteiger partial charge in [-0.2, -0.15) is 0 Å². The minimum atomic E-state index is -0.592. The third-order valence-electron chi connectivity index (χ3n) is 3.81. The van der Waals surface area contributed by atoms with Crippen molar-refractivity contribution in [2.75, 3.05) is 6.54 Å². The van der Waals surface area contributed by atoms with Gasteiger partial charge in [0.2, 0.25) is 0 Å². The maximum absolute atomic E-state index is 11.2. The zero-order valence-electron chi connectivity index (χ0n) is 12.3. The molecule has 0 spiro atoms. The number of nitrogens with one attached hydrogen (secondary N) is 1. The smallest absolute Gasteiger partial charge is 0.258 e. The highest BCUT2D eigenvalue weighted by Gasteiger charge is 2.23. The second-order valence-corrected chi connectivity index (χ2v) is 5.39. The van der Waals surface area contributed by atoms with Crippen molar-refractivity contribution >= 4 is 5.91 Å². The van der Waals surface area contributed by atoms with E-state index in [9.17, 15) is 4.79 Å². The van der Waals surface area contributed by atoms with E-state index in [1.165, 1.54) is 11.1 Å². The van der Waals surface area contributed by atoms with E-state index in [1.54, 1.807) is 6.92 Å². The van der Waals surface area contributed by atoms with E-state index in [1.807, 2.05) is 12.1 Å². The number of hydrogen-bond acceptors (Lipinski definition) is 3. The minimum absolute atomic E-state index is 0.395. The van der Waals surface area contributed by atoms with Crippen molar-refractivity contribution in [2.45, 2.75) is 51.7 Å². The summed E-state index contributed by atoms with van der Waals surface area (Å²) in [6.07, 6.45) is 3.83. The molecule has 4 nitrogen and oxygen atoms in total. The molecule has 0 bridgehead atoms. The Kier molecular flexibility index (Phi) is 5.01. The van der Waals surface area contributed by atoms with Gasteiger partial charge in [-0.25, -0.2) is 0 Å². The van der Waals surface area contributed by atoms with Crippen LogP contribution in [0.5, 0.6) is 5.75 Å². The van der Waals surface area contributed by atoms with Crippen LogP contribution in [0.1, 0.15) is 50.3 Å². The number of fused-ring (bicyclic) bond motifs is 1. The fraction of sp³-hybridized carbons (Fsp3) is 0.562. The molecule has 20 heavy (non-hydrogen) atoms. The first-order valence-corrected chi connectivity index (χ1v) is 7.44. The third kappa shape index (κ3) is 3.31. The molecular weight excluding hydrogens is 252 g/mol. The summed E-state index contributed by atoms with van der Waals surface area (Å²) in [4.78, 5) is 11.2. The lowest BCUT2D eigenvalue weighted by Crippen LogP contribution is -2.31. The molecule has 1 aromatic carbocycles. The van der Waals surface area contributed by atoms with E-state index >= 15 is 0 Å². The van der Waals surface area contributed by atoms with E-state index < -0.39 is 12.0 Å². The lowest BCUT2D eigenvalue weighted by atomic mass is 9.87. The Morgan fingerprint density at radius 3 is 3.05 bits per heavy atom. The number of primary amides is 1. The van der Waals surface area contributed by atoms with E-state index in [0.717, 1.165) is 38.0 Å². The molecule has 0 heterocycles. The highest BCUT2D eigenvalue weighted by Crippen LogP contribution is 2.35. The van der Waals surface area contributed by atoms with Crippen molar-refractivity contribution in [1.29, 1.82) is 0 Å². The van der Waals surface area contributed by atoms with Crippen LogP contribution in [0.4, 0.5) is 0 Å². The van der Waals surface area contributed by atoms with Crippen molar-refractivity contribution in [2.24, 2.45) is 5.73 Å². The van der Waals surface area contributed by atoms with E-state index in [2.05, 4.69) is 18.3 Å². The first kappa shape index (κ1) is 14.9. The van der Waals surface area contributed by atoms with E-state index in [4.69, 9.17) is 10.5 Å². The molecule has 4 heteroatoms. The Morgan fingerprint density at radius 1 is 1.55 bits per heavy atom. The molecule has 0 saturated carbocycles. The number of nitrogens with two attached hydrogens (primary N) is 1. The van der Waals surface area contributed by atoms with Crippen LogP contribution in [0.15, 0.2) is 18.2 Å². The summed E-state index contributed by atoms with van der Waals surface area (Å²) < 4.78 is 5.72. The SMILES string of the molecule is CCCNC1CCCc2c(OC(C)C(N)=O)cccc21. The summed E-state index contributed by atoms with van der Waals surface area (Å²) in [6.45, 7) is 4.88. The molecule has 0 fully saturated rings. The second-order valence-electron chi connectivity index (χ2n) is 5.39. The van der Waals surface area contributed by atoms with Gasteiger partial charge in [0, 0.05) is 6.04 Å². The number of amides is 1. The predicted octanol–water partition coefficient (Wildman–Crippen LogP) is 2.32. The number of carbonyl (C=O) groups excluding carboxylic acids is 1. The summed E-state index contributed by atoms with van der Waals surface area (Å²) in [5.41, 5.74) is 7.80. The third-order valence-corrected chi connectivity index (χ3v) is 3.81. The van der Waals surface area contributed by atoms with Crippen molar-refractivity contribution in [1.82, 2.24) is 5.32 Å². The maximum Gasteiger partial charge on any atom is 0.258 e. The van der Waals surface area contributed by atoms with Gasteiger partial charge in [-0.3, -0.25) is 4.79 Å². The van der Waals surface area contributed by atoms with Crippen LogP contribution in [-0.2, 0) is 11.2 Å². The highest BCUT2D eigenvalue weighted by atomic mass is 16.5. The van der Waals surface area contributed by atoms with Gasteiger partial charge in [0.05, 0.1) is 0 Å². The molecule has 1 amide bonds. The number of hydrogen-bond donors (Lipinski definition) is 2. The van der Waals surface area contributed by atoms with Gasteiger partial charge in [-0.15, -0.1) is 0 Å². The molecule has 1 aromatic rings. The van der Waals surface area contributed by atoms with Crippen LogP contribution in [0.2, 0.25) is 0 Å². The first-order chi connectivity index (χ1) is 9.63. The Labute approximate surface area is 120 Å². The highest BCUT2D eigenvalue weighted by molar-refractivity contribution is 5.78. The molecule has 0 aromatic heterocycles. The van der Waals surface area contributed by atoms with Crippen molar-refractivity contribution in [3.05, 3.63) is 29.3 Å². The average Bonchev–Trinajstić information content (AvgIpc) is 2.45. The van der Waals surface area contributed by atoms with Gasteiger partial charge in [-0.05, 0) is 56.3 Å². The van der Waals surface area contributed by atoms with Crippen molar-refractivity contribution in [3.63, 3.8) is 0 Å². The number of ether oxygens (including phenoxy) is 1. The van der Waals surface area contributed by atoms with Crippen molar-refractivity contribution in [3.8, 4) is 5.75 Å². The largest absolute Gasteiger partial charge is 0.481 e. The van der Waals surface area contributed by atoms with E-state index in [0.29, 0.717) is 6.04 Å². The van der Waals surface area contributed by atoms with Gasteiger partial charge in [-0.1, -0.05) is 19.1 Å². The lowest BCUT2D eigenvalue weighted by molar-refractivity contribution is -0.124. The Hall–Kier alpha value is -1.55. The molecular formula is C16H24N2O2. The number of rotatable bonds is 6. The molecule has 0 aliphatic heterocycles. The Bertz CT molecular complexity index is 474. The molecule has 2 atom stereocenters. The predicted molar refractivity (Wildman–Crippen MR) is 79.7 cm³/mol. The number of benzene rings is 1. The lowest BCUT2D eigenvalue weighted by Gasteiger charge is -2.28. The molecule has 1 aliphatic carbocycles. The Morgan fingerprint density at radius 2 is 2.35 bits per heavy atom. The van der Waals surface area contributed by atoms with Crippen LogP contribution in [0.25, 0.3) is 0 Å². The van der Waals surface area contributed by atoms with Crippen LogP contribution in [0, 0.1) is 0 Å². The second kappa shape index (κ2) is 6.75. The molecule has 1 aliphatic rings. The topological polar surface area (TPSA) is 64.3 Å². The van der Waals surface area contributed by atoms with Gasteiger partial charge in [0.15, 0.2) is 6.10 Å². The molecule has 2 unspecified atom stereocenters. The summed E-state index contributed by atoms with van der Waals surface area (Å²) >= 11 is 0. The summed E-state index contributed by atoms with van der Waals surface area (Å²) in [5.74, 6) is 0.371. The van der Waals surface area contributed by atoms with Crippen LogP contribution < -0.4 is 15.8 Å². The van der Waals surface area contributed by atoms with Crippen LogP contribution in [-0.4, -0.2) is 18.6 Å². The fourth-order valence-electron chi connectivity index (χ4n) is 2.70. The minimum Gasteiger partial charge on any atom is -0.481 e. The van der Waals surface area contributed by atoms with E-state index in [-0.39, 0.29) is 0 Å². The van der Waals surface area contributed by atoms with Gasteiger partial charge in [0.1, 0.15) is 5.75 Å². The van der Waals surface area contributed by atoms with Crippen molar-refractivity contribution < 1.29 is 9.53 Å². The van der Waals surface area contributed by atoms with Gasteiger partial charge < -0.3 is 15.8 Å². The summed E-state index contributed by atoms with van der Waals surface area (Å²) in [5, 5.41) is 3.58. The molecule has 0 radical (unpaired) electrons. The standard InChI is InChI=1S/C16H24N2O2/c1-3-10-18-14-8-4-7-13-12(14)6-5-9-15(13)20-11(2)16(17)19/h5-6,9,11,14,18H,3-4,7-8,10H2,1-2H3,(H2,17,19). The summed E-state index contributed by atoms with van der Waals surface area (Å²) in [6, 6.07) is 6.48. The zero-order chi connectivity index (χ0) is 14.5. The molecule has 0 saturated heterocycles. The average molecular weight is 276 g/mol. The normalized spacial score (nSPS) is 19.2. The monoisotopic (exact) mass is 276 g/mol. The quantitative estimate of drug-likeness (QED) is 0.838. The van der Waals surface area contributed by atoms with Crippen LogP contribution in [0.3, 0.4) is 0 Å².